The Morgan fingerprint density at radius 2 is 2.21 bits per heavy atom. The van der Waals surface area contributed by atoms with Crippen molar-refractivity contribution >= 4 is 11.8 Å². The average molecular weight is 388 g/mol. The molecule has 1 atom stereocenters. The lowest BCUT2D eigenvalue weighted by Gasteiger charge is -2.35. The molecule has 2 heterocycles. The Balaban J connectivity index is 1.68. The maximum absolute atomic E-state index is 12.4. The Kier molecular flexibility index (Phi) is 6.49. The lowest BCUT2D eigenvalue weighted by Crippen LogP contribution is -2.56. The molecule has 1 fully saturated rings. The van der Waals surface area contributed by atoms with E-state index in [4.69, 9.17) is 14.0 Å². The van der Waals surface area contributed by atoms with Crippen molar-refractivity contribution in [2.75, 3.05) is 27.3 Å². The van der Waals surface area contributed by atoms with Crippen LogP contribution in [-0.2, 0) is 22.7 Å². The summed E-state index contributed by atoms with van der Waals surface area (Å²) in [6.07, 6.45) is 1.50. The third-order valence-electron chi connectivity index (χ3n) is 4.64. The van der Waals surface area contributed by atoms with Gasteiger partial charge in [-0.15, -0.1) is 0 Å². The zero-order chi connectivity index (χ0) is 19.9. The number of hydrogen-bond donors (Lipinski definition) is 2. The Morgan fingerprint density at radius 1 is 1.36 bits per heavy atom. The minimum absolute atomic E-state index is 0.0516. The van der Waals surface area contributed by atoms with Crippen LogP contribution in [0.2, 0.25) is 0 Å². The molecule has 0 bridgehead atoms. The van der Waals surface area contributed by atoms with E-state index in [1.54, 1.807) is 20.3 Å². The molecule has 2 amide bonds. The number of nitrogens with one attached hydrogen (secondary N) is 2. The first kappa shape index (κ1) is 19.7. The van der Waals surface area contributed by atoms with Crippen molar-refractivity contribution in [3.05, 3.63) is 41.8 Å². The van der Waals surface area contributed by atoms with Crippen molar-refractivity contribution in [2.45, 2.75) is 25.6 Å². The van der Waals surface area contributed by atoms with Crippen LogP contribution in [0.1, 0.15) is 17.7 Å². The molecular formula is C19H24N4O5. The minimum atomic E-state index is -0.568. The van der Waals surface area contributed by atoms with Crippen LogP contribution in [0.25, 0.3) is 0 Å². The van der Waals surface area contributed by atoms with Gasteiger partial charge in [0.25, 0.3) is 0 Å². The number of amides is 2. The topological polar surface area (TPSA) is 106 Å². The summed E-state index contributed by atoms with van der Waals surface area (Å²) in [5, 5.41) is 9.35. The minimum Gasteiger partial charge on any atom is -0.493 e. The van der Waals surface area contributed by atoms with Crippen LogP contribution in [0.3, 0.4) is 0 Å². The van der Waals surface area contributed by atoms with E-state index in [0.29, 0.717) is 36.8 Å². The third-order valence-corrected chi connectivity index (χ3v) is 4.64. The molecule has 0 spiro atoms. The van der Waals surface area contributed by atoms with Gasteiger partial charge in [0, 0.05) is 31.3 Å². The number of methoxy groups -OCH3 is 2. The number of benzene rings is 1. The van der Waals surface area contributed by atoms with Gasteiger partial charge in [0.1, 0.15) is 12.0 Å². The van der Waals surface area contributed by atoms with Crippen molar-refractivity contribution in [1.29, 1.82) is 0 Å². The second-order valence-corrected chi connectivity index (χ2v) is 6.40. The van der Waals surface area contributed by atoms with Crippen molar-refractivity contribution in [2.24, 2.45) is 0 Å². The molecule has 9 nitrogen and oxygen atoms in total. The predicted molar refractivity (Wildman–Crippen MR) is 99.7 cm³/mol. The van der Waals surface area contributed by atoms with E-state index in [2.05, 4.69) is 15.8 Å². The molecule has 2 N–H and O–H groups in total. The highest BCUT2D eigenvalue weighted by molar-refractivity contribution is 5.88. The summed E-state index contributed by atoms with van der Waals surface area (Å²) in [6.45, 7) is 1.89. The fourth-order valence-corrected chi connectivity index (χ4v) is 3.24. The smallest absolute Gasteiger partial charge is 0.237 e. The highest BCUT2D eigenvalue weighted by atomic mass is 16.5. The molecule has 3 rings (SSSR count). The summed E-state index contributed by atoms with van der Waals surface area (Å²) in [5.41, 5.74) is 1.52. The van der Waals surface area contributed by atoms with E-state index in [1.807, 2.05) is 23.1 Å². The Labute approximate surface area is 163 Å². The Morgan fingerprint density at radius 3 is 2.93 bits per heavy atom. The Hall–Kier alpha value is -3.07. The van der Waals surface area contributed by atoms with Crippen LogP contribution in [-0.4, -0.2) is 55.2 Å². The van der Waals surface area contributed by atoms with Crippen molar-refractivity contribution in [3.8, 4) is 11.5 Å². The molecular weight excluding hydrogens is 364 g/mol. The summed E-state index contributed by atoms with van der Waals surface area (Å²) >= 11 is 0. The monoisotopic (exact) mass is 388 g/mol. The first-order valence-electron chi connectivity index (χ1n) is 9.00. The molecule has 1 aromatic carbocycles. The van der Waals surface area contributed by atoms with E-state index in [9.17, 15) is 9.59 Å². The number of hydrogen-bond acceptors (Lipinski definition) is 7. The molecule has 1 aliphatic heterocycles. The number of nitrogens with zero attached hydrogens (tertiary/aromatic N) is 2. The van der Waals surface area contributed by atoms with Crippen LogP contribution < -0.4 is 20.1 Å². The highest BCUT2D eigenvalue weighted by Crippen LogP contribution is 2.32. The van der Waals surface area contributed by atoms with Crippen molar-refractivity contribution in [1.82, 2.24) is 20.7 Å². The summed E-state index contributed by atoms with van der Waals surface area (Å²) in [5.74, 6) is 0.867. The zero-order valence-corrected chi connectivity index (χ0v) is 15.9. The van der Waals surface area contributed by atoms with Gasteiger partial charge in [-0.1, -0.05) is 17.3 Å². The van der Waals surface area contributed by atoms with E-state index >= 15 is 0 Å². The maximum atomic E-state index is 12.4. The van der Waals surface area contributed by atoms with E-state index in [1.165, 1.54) is 6.26 Å². The fourth-order valence-electron chi connectivity index (χ4n) is 3.24. The zero-order valence-electron chi connectivity index (χ0n) is 15.9. The number of ether oxygens (including phenoxy) is 2. The van der Waals surface area contributed by atoms with Gasteiger partial charge in [0.2, 0.25) is 11.8 Å². The van der Waals surface area contributed by atoms with Gasteiger partial charge in [-0.2, -0.15) is 0 Å². The van der Waals surface area contributed by atoms with Crippen LogP contribution in [0.5, 0.6) is 11.5 Å². The van der Waals surface area contributed by atoms with Gasteiger partial charge in [-0.25, -0.2) is 0 Å². The van der Waals surface area contributed by atoms with Crippen LogP contribution >= 0.6 is 0 Å². The summed E-state index contributed by atoms with van der Waals surface area (Å²) < 4.78 is 15.6. The predicted octanol–water partition coefficient (Wildman–Crippen LogP) is 0.699. The number of piperazine rings is 1. The number of aromatic nitrogens is 1. The van der Waals surface area contributed by atoms with Gasteiger partial charge in [-0.3, -0.25) is 14.5 Å². The first-order valence-corrected chi connectivity index (χ1v) is 9.00. The summed E-state index contributed by atoms with van der Waals surface area (Å²) in [4.78, 5) is 26.8. The van der Waals surface area contributed by atoms with E-state index < -0.39 is 6.04 Å². The van der Waals surface area contributed by atoms with Gasteiger partial charge >= 0.3 is 0 Å². The summed E-state index contributed by atoms with van der Waals surface area (Å²) in [7, 11) is 3.16. The largest absolute Gasteiger partial charge is 0.493 e. The molecule has 0 unspecified atom stereocenters. The molecule has 1 aliphatic rings. The van der Waals surface area contributed by atoms with E-state index in [0.717, 1.165) is 5.56 Å². The lowest BCUT2D eigenvalue weighted by atomic mass is 10.1. The molecule has 9 heteroatoms. The van der Waals surface area contributed by atoms with Crippen LogP contribution in [0.4, 0.5) is 0 Å². The molecule has 0 saturated carbocycles. The standard InChI is InChI=1S/C19H24N4O5/c1-26-16-5-3-4-13(18(16)27-2)12-23-8-7-20-19(25)15(23)10-17(24)21-11-14-6-9-28-22-14/h3-6,9,15H,7-8,10-12H2,1-2H3,(H,20,25)(H,21,24)/t15-/m0/s1. The second kappa shape index (κ2) is 9.23. The molecule has 1 aromatic heterocycles. The van der Waals surface area contributed by atoms with Gasteiger partial charge in [-0.05, 0) is 6.07 Å². The molecule has 2 aromatic rings. The number of carbonyl (C=O) groups is 2. The van der Waals surface area contributed by atoms with Gasteiger partial charge in [0.15, 0.2) is 11.5 Å². The quantitative estimate of drug-likeness (QED) is 0.686. The molecule has 28 heavy (non-hydrogen) atoms. The van der Waals surface area contributed by atoms with Crippen LogP contribution in [0, 0.1) is 0 Å². The molecule has 0 radical (unpaired) electrons. The first-order chi connectivity index (χ1) is 13.6. The van der Waals surface area contributed by atoms with E-state index in [-0.39, 0.29) is 24.8 Å². The maximum Gasteiger partial charge on any atom is 0.237 e. The third kappa shape index (κ3) is 4.61. The molecule has 150 valence electrons. The highest BCUT2D eigenvalue weighted by Gasteiger charge is 2.32. The number of para-hydroxylation sites is 1. The average Bonchev–Trinajstić information content (AvgIpc) is 3.22. The number of rotatable bonds is 8. The normalized spacial score (nSPS) is 17.1. The number of carbonyl (C=O) groups excluding carboxylic acids is 2. The van der Waals surface area contributed by atoms with Gasteiger partial charge < -0.3 is 24.6 Å². The molecule has 1 saturated heterocycles. The molecule has 0 aliphatic carbocycles. The Bertz CT molecular complexity index is 809. The summed E-state index contributed by atoms with van der Waals surface area (Å²) in [6, 6.07) is 6.73. The second-order valence-electron chi connectivity index (χ2n) is 6.40. The fraction of sp³-hybridized carbons (Fsp3) is 0.421. The van der Waals surface area contributed by atoms with Crippen molar-refractivity contribution in [3.63, 3.8) is 0 Å². The SMILES string of the molecule is COc1cccc(CN2CCNC(=O)[C@@H]2CC(=O)NCc2ccon2)c1OC. The van der Waals surface area contributed by atoms with Crippen LogP contribution in [0.15, 0.2) is 35.1 Å². The van der Waals surface area contributed by atoms with Gasteiger partial charge in [0.05, 0.1) is 33.2 Å². The lowest BCUT2D eigenvalue weighted by molar-refractivity contribution is -0.134. The van der Waals surface area contributed by atoms with Crippen molar-refractivity contribution < 1.29 is 23.6 Å².